The monoisotopic (exact) mass is 236 g/mol. The third-order valence-electron chi connectivity index (χ3n) is 2.86. The van der Waals surface area contributed by atoms with Crippen LogP contribution in [0, 0.1) is 0 Å². The highest BCUT2D eigenvalue weighted by Gasteiger charge is 2.32. The second-order valence-corrected chi connectivity index (χ2v) is 3.98. The summed E-state index contributed by atoms with van der Waals surface area (Å²) in [5.41, 5.74) is 6.66. The van der Waals surface area contributed by atoms with Gasteiger partial charge in [0.25, 0.3) is 0 Å². The number of cyclic esters (lactones) is 1. The van der Waals surface area contributed by atoms with Crippen molar-refractivity contribution >= 4 is 6.09 Å². The maximum absolute atomic E-state index is 11.1. The molecule has 2 unspecified atom stereocenters. The molecule has 0 aromatic heterocycles. The van der Waals surface area contributed by atoms with Gasteiger partial charge in [-0.2, -0.15) is 0 Å². The Kier molecular flexibility index (Phi) is 3.49. The fourth-order valence-electron chi connectivity index (χ4n) is 1.89. The molecule has 1 aromatic rings. The van der Waals surface area contributed by atoms with Crippen LogP contribution in [-0.4, -0.2) is 31.9 Å². The van der Waals surface area contributed by atoms with Crippen molar-refractivity contribution in [1.29, 1.82) is 0 Å². The number of ether oxygens (including phenoxy) is 2. The third-order valence-corrected chi connectivity index (χ3v) is 2.86. The van der Waals surface area contributed by atoms with E-state index in [0.29, 0.717) is 13.0 Å². The number of benzene rings is 1. The molecule has 17 heavy (non-hydrogen) atoms. The summed E-state index contributed by atoms with van der Waals surface area (Å²) in [6.07, 6.45) is 0.0739. The summed E-state index contributed by atoms with van der Waals surface area (Å²) in [4.78, 5) is 11.1. The molecule has 0 spiro atoms. The predicted octanol–water partition coefficient (Wildman–Crippen LogP) is 0.673. The zero-order chi connectivity index (χ0) is 12.3. The van der Waals surface area contributed by atoms with Crippen LogP contribution in [0.15, 0.2) is 24.3 Å². The molecule has 1 aliphatic heterocycles. The van der Waals surface area contributed by atoms with Crippen LogP contribution in [0.3, 0.4) is 0 Å². The van der Waals surface area contributed by atoms with E-state index in [1.807, 2.05) is 24.3 Å². The smallest absolute Gasteiger partial charge is 0.407 e. The normalized spacial score (nSPS) is 23.1. The zero-order valence-electron chi connectivity index (χ0n) is 9.68. The minimum Gasteiger partial charge on any atom is -0.497 e. The van der Waals surface area contributed by atoms with Crippen LogP contribution in [0.1, 0.15) is 5.56 Å². The largest absolute Gasteiger partial charge is 0.497 e. The highest BCUT2D eigenvalue weighted by molar-refractivity contribution is 5.70. The Morgan fingerprint density at radius 3 is 2.71 bits per heavy atom. The maximum atomic E-state index is 11.1. The van der Waals surface area contributed by atoms with Crippen molar-refractivity contribution in [3.8, 4) is 5.75 Å². The molecule has 1 amide bonds. The molecule has 1 aromatic carbocycles. The van der Waals surface area contributed by atoms with Crippen LogP contribution in [0.4, 0.5) is 4.79 Å². The van der Waals surface area contributed by atoms with Gasteiger partial charge in [-0.1, -0.05) is 12.1 Å². The molecule has 1 fully saturated rings. The van der Waals surface area contributed by atoms with Gasteiger partial charge in [0.1, 0.15) is 11.9 Å². The average molecular weight is 236 g/mol. The predicted molar refractivity (Wildman–Crippen MR) is 62.9 cm³/mol. The average Bonchev–Trinajstić information content (AvgIpc) is 2.70. The first kappa shape index (κ1) is 11.7. The fraction of sp³-hybridized carbons (Fsp3) is 0.417. The number of rotatable bonds is 4. The number of hydrogen-bond acceptors (Lipinski definition) is 4. The molecule has 5 nitrogen and oxygen atoms in total. The highest BCUT2D eigenvalue weighted by atomic mass is 16.6. The molecular weight excluding hydrogens is 220 g/mol. The lowest BCUT2D eigenvalue weighted by molar-refractivity contribution is 0.132. The second-order valence-electron chi connectivity index (χ2n) is 3.98. The molecule has 0 aliphatic carbocycles. The first-order valence-electron chi connectivity index (χ1n) is 5.53. The lowest BCUT2D eigenvalue weighted by Gasteiger charge is -2.15. The van der Waals surface area contributed by atoms with Gasteiger partial charge in [0.15, 0.2) is 0 Å². The van der Waals surface area contributed by atoms with Crippen molar-refractivity contribution in [3.63, 3.8) is 0 Å². The Balaban J connectivity index is 2.02. The van der Waals surface area contributed by atoms with Gasteiger partial charge in [-0.05, 0) is 17.7 Å². The number of carbonyl (C=O) groups is 1. The highest BCUT2D eigenvalue weighted by Crippen LogP contribution is 2.17. The first-order valence-corrected chi connectivity index (χ1v) is 5.53. The lowest BCUT2D eigenvalue weighted by Crippen LogP contribution is -2.39. The quantitative estimate of drug-likeness (QED) is 0.806. The lowest BCUT2D eigenvalue weighted by atomic mass is 10.0. The van der Waals surface area contributed by atoms with E-state index in [1.54, 1.807) is 7.11 Å². The van der Waals surface area contributed by atoms with Gasteiger partial charge < -0.3 is 20.5 Å². The van der Waals surface area contributed by atoms with E-state index in [0.717, 1.165) is 11.3 Å². The van der Waals surface area contributed by atoms with E-state index in [4.69, 9.17) is 15.2 Å². The SMILES string of the molecule is COc1ccc(CC2OC(=O)NC2CN)cc1. The van der Waals surface area contributed by atoms with Crippen molar-refractivity contribution in [2.75, 3.05) is 13.7 Å². The molecule has 2 rings (SSSR count). The topological polar surface area (TPSA) is 73.6 Å². The van der Waals surface area contributed by atoms with Crippen molar-refractivity contribution in [1.82, 2.24) is 5.32 Å². The Hall–Kier alpha value is -1.75. The summed E-state index contributed by atoms with van der Waals surface area (Å²) < 4.78 is 10.2. The summed E-state index contributed by atoms with van der Waals surface area (Å²) in [7, 11) is 1.63. The molecule has 0 bridgehead atoms. The number of nitrogens with two attached hydrogens (primary N) is 1. The molecule has 0 radical (unpaired) electrons. The second kappa shape index (κ2) is 5.05. The van der Waals surface area contributed by atoms with E-state index in [1.165, 1.54) is 0 Å². The van der Waals surface area contributed by atoms with Gasteiger partial charge in [0, 0.05) is 13.0 Å². The van der Waals surface area contributed by atoms with Crippen molar-refractivity contribution in [2.45, 2.75) is 18.6 Å². The van der Waals surface area contributed by atoms with Crippen LogP contribution >= 0.6 is 0 Å². The van der Waals surface area contributed by atoms with E-state index < -0.39 is 0 Å². The summed E-state index contributed by atoms with van der Waals surface area (Å²) in [5, 5.41) is 2.69. The van der Waals surface area contributed by atoms with Crippen LogP contribution in [0.5, 0.6) is 5.75 Å². The zero-order valence-corrected chi connectivity index (χ0v) is 9.68. The molecule has 5 heteroatoms. The van der Waals surface area contributed by atoms with Crippen LogP contribution in [0.2, 0.25) is 0 Å². The van der Waals surface area contributed by atoms with Crippen LogP contribution in [0.25, 0.3) is 0 Å². The van der Waals surface area contributed by atoms with E-state index in [2.05, 4.69) is 5.32 Å². The summed E-state index contributed by atoms with van der Waals surface area (Å²) in [5.74, 6) is 0.811. The molecule has 92 valence electrons. The fourth-order valence-corrected chi connectivity index (χ4v) is 1.89. The van der Waals surface area contributed by atoms with Crippen LogP contribution in [-0.2, 0) is 11.2 Å². The molecule has 2 atom stereocenters. The number of methoxy groups -OCH3 is 1. The molecule has 1 aliphatic rings. The summed E-state index contributed by atoms with van der Waals surface area (Å²) in [6.45, 7) is 0.382. The van der Waals surface area contributed by atoms with Gasteiger partial charge in [-0.25, -0.2) is 4.79 Å². The van der Waals surface area contributed by atoms with Gasteiger partial charge in [-0.3, -0.25) is 0 Å². The third kappa shape index (κ3) is 2.68. The van der Waals surface area contributed by atoms with E-state index in [-0.39, 0.29) is 18.2 Å². The Morgan fingerprint density at radius 2 is 2.12 bits per heavy atom. The van der Waals surface area contributed by atoms with Gasteiger partial charge >= 0.3 is 6.09 Å². The number of amides is 1. The van der Waals surface area contributed by atoms with Gasteiger partial charge in [-0.15, -0.1) is 0 Å². The molecule has 0 saturated carbocycles. The van der Waals surface area contributed by atoms with E-state index >= 15 is 0 Å². The van der Waals surface area contributed by atoms with Crippen molar-refractivity contribution in [2.24, 2.45) is 5.73 Å². The Labute approximate surface area is 99.9 Å². The summed E-state index contributed by atoms with van der Waals surface area (Å²) >= 11 is 0. The Morgan fingerprint density at radius 1 is 1.41 bits per heavy atom. The van der Waals surface area contributed by atoms with Gasteiger partial charge in [0.2, 0.25) is 0 Å². The van der Waals surface area contributed by atoms with Crippen LogP contribution < -0.4 is 15.8 Å². The standard InChI is InChI=1S/C12H16N2O3/c1-16-9-4-2-8(3-5-9)6-11-10(7-13)14-12(15)17-11/h2-5,10-11H,6-7,13H2,1H3,(H,14,15). The molecular formula is C12H16N2O3. The van der Waals surface area contributed by atoms with Crippen molar-refractivity contribution < 1.29 is 14.3 Å². The summed E-state index contributed by atoms with van der Waals surface area (Å²) in [6, 6.07) is 7.58. The van der Waals surface area contributed by atoms with E-state index in [9.17, 15) is 4.79 Å². The molecule has 3 N–H and O–H groups in total. The maximum Gasteiger partial charge on any atom is 0.407 e. The number of nitrogens with one attached hydrogen (secondary N) is 1. The first-order chi connectivity index (χ1) is 8.22. The number of hydrogen-bond donors (Lipinski definition) is 2. The molecule has 1 saturated heterocycles. The minimum absolute atomic E-state index is 0.107. The Bertz CT molecular complexity index is 391. The molecule has 1 heterocycles. The van der Waals surface area contributed by atoms with Crippen molar-refractivity contribution in [3.05, 3.63) is 29.8 Å². The number of alkyl carbamates (subject to hydrolysis) is 1. The minimum atomic E-state index is -0.390. The van der Waals surface area contributed by atoms with Gasteiger partial charge in [0.05, 0.1) is 13.2 Å². The number of carbonyl (C=O) groups excluding carboxylic acids is 1.